The molecule has 0 spiro atoms. The Hall–Kier alpha value is -2.11. The predicted octanol–water partition coefficient (Wildman–Crippen LogP) is 3.10. The fourth-order valence-corrected chi connectivity index (χ4v) is 2.59. The van der Waals surface area contributed by atoms with Gasteiger partial charge in [0.25, 0.3) is 0 Å². The highest BCUT2D eigenvalue weighted by atomic mass is 19.1. The monoisotopic (exact) mass is 319 g/mol. The minimum atomic E-state index is -3.29. The molecule has 1 aliphatic heterocycles. The lowest BCUT2D eigenvalue weighted by molar-refractivity contribution is -0.0441. The highest BCUT2D eigenvalue weighted by Gasteiger charge is 2.28. The van der Waals surface area contributed by atoms with Crippen molar-refractivity contribution < 1.29 is 21.3 Å². The second kappa shape index (κ2) is 7.94. The normalized spacial score (nSPS) is 21.0. The molecule has 2 aromatic rings. The molecular formula is C18H20FNO3. The molecule has 0 radical (unpaired) electrons. The van der Waals surface area contributed by atoms with Crippen molar-refractivity contribution in [2.75, 3.05) is 26.5 Å². The van der Waals surface area contributed by atoms with Crippen molar-refractivity contribution in [2.45, 2.75) is 12.2 Å². The molecule has 1 saturated heterocycles. The van der Waals surface area contributed by atoms with E-state index in [2.05, 4.69) is 5.32 Å². The third-order valence-corrected chi connectivity index (χ3v) is 3.67. The summed E-state index contributed by atoms with van der Waals surface area (Å²) in [7, 11) is 0. The van der Waals surface area contributed by atoms with E-state index >= 15 is 0 Å². The van der Waals surface area contributed by atoms with Crippen LogP contribution in [-0.4, -0.2) is 32.6 Å². The molecule has 1 heterocycles. The number of halogens is 1. The fourth-order valence-electron chi connectivity index (χ4n) is 2.59. The first kappa shape index (κ1) is 13.3. The van der Waals surface area contributed by atoms with Gasteiger partial charge in [-0.1, -0.05) is 42.5 Å². The quantitative estimate of drug-likeness (QED) is 0.888. The maximum atomic E-state index is 13.3. The average molecular weight is 319 g/mol. The summed E-state index contributed by atoms with van der Waals surface area (Å²) in [6.07, 6.45) is -0.671. The number of nitrogens with one attached hydrogen (secondary N) is 1. The van der Waals surface area contributed by atoms with Crippen LogP contribution in [0.4, 0.5) is 4.39 Å². The van der Waals surface area contributed by atoms with Crippen LogP contribution in [0.2, 0.25) is 0 Å². The van der Waals surface area contributed by atoms with Gasteiger partial charge in [0.05, 0.1) is 6.61 Å². The smallest absolute Gasteiger partial charge is 0.228 e. The van der Waals surface area contributed by atoms with Crippen LogP contribution >= 0.6 is 0 Å². The van der Waals surface area contributed by atoms with E-state index < -0.39 is 12.9 Å². The molecule has 122 valence electrons. The molecule has 5 heteroatoms. The van der Waals surface area contributed by atoms with E-state index in [0.29, 0.717) is 13.2 Å². The second-order valence-electron chi connectivity index (χ2n) is 5.19. The van der Waals surface area contributed by atoms with Gasteiger partial charge in [-0.2, -0.15) is 0 Å². The molecule has 1 fully saturated rings. The van der Waals surface area contributed by atoms with Crippen LogP contribution in [-0.2, 0) is 4.74 Å². The number of morpholine rings is 1. The standard InChI is InChI=1S/C18H20FNO3/c19-13-22-15-8-4-5-9-16(15)23-18(14-6-2-1-3-7-14)17-12-20-10-11-21-17/h1-9,17-18,20H,10-13H2/t17-,18-/m0/s1/i13D2. The number of rotatable bonds is 6. The van der Waals surface area contributed by atoms with Gasteiger partial charge in [0.1, 0.15) is 8.85 Å². The summed E-state index contributed by atoms with van der Waals surface area (Å²) >= 11 is 0. The van der Waals surface area contributed by atoms with Crippen LogP contribution in [0.3, 0.4) is 0 Å². The summed E-state index contributed by atoms with van der Waals surface area (Å²) < 4.78 is 43.9. The number of hydrogen-bond donors (Lipinski definition) is 1. The zero-order valence-electron chi connectivity index (χ0n) is 14.6. The molecular weight excluding hydrogens is 297 g/mol. The lowest BCUT2D eigenvalue weighted by Crippen LogP contribution is -2.43. The number of para-hydroxylation sites is 2. The van der Waals surface area contributed by atoms with Crippen molar-refractivity contribution >= 4 is 0 Å². The third kappa shape index (κ3) is 4.00. The first-order valence-electron chi connectivity index (χ1n) is 8.54. The van der Waals surface area contributed by atoms with Gasteiger partial charge in [-0.15, -0.1) is 0 Å². The maximum absolute atomic E-state index is 13.3. The first-order valence-corrected chi connectivity index (χ1v) is 7.54. The summed E-state index contributed by atoms with van der Waals surface area (Å²) in [6, 6.07) is 16.0. The third-order valence-electron chi connectivity index (χ3n) is 3.67. The van der Waals surface area contributed by atoms with E-state index in [4.69, 9.17) is 17.0 Å². The number of benzene rings is 2. The van der Waals surface area contributed by atoms with E-state index in [9.17, 15) is 4.39 Å². The zero-order valence-corrected chi connectivity index (χ0v) is 12.6. The predicted molar refractivity (Wildman–Crippen MR) is 85.5 cm³/mol. The summed E-state index contributed by atoms with van der Waals surface area (Å²) in [4.78, 5) is 0. The summed E-state index contributed by atoms with van der Waals surface area (Å²) in [5.41, 5.74) is 0.911. The molecule has 0 amide bonds. The molecule has 0 unspecified atom stereocenters. The molecule has 1 N–H and O–H groups in total. The van der Waals surface area contributed by atoms with Crippen LogP contribution in [0, 0.1) is 0 Å². The molecule has 3 rings (SSSR count). The summed E-state index contributed by atoms with van der Waals surface area (Å²) in [6.45, 7) is -1.32. The first-order chi connectivity index (χ1) is 12.0. The van der Waals surface area contributed by atoms with Crippen LogP contribution in [0.15, 0.2) is 54.6 Å². The van der Waals surface area contributed by atoms with E-state index in [0.717, 1.165) is 12.1 Å². The highest BCUT2D eigenvalue weighted by Crippen LogP contribution is 2.33. The van der Waals surface area contributed by atoms with E-state index in [1.165, 1.54) is 6.07 Å². The van der Waals surface area contributed by atoms with Gasteiger partial charge in [-0.3, -0.25) is 0 Å². The van der Waals surface area contributed by atoms with Gasteiger partial charge >= 0.3 is 0 Å². The largest absolute Gasteiger partial charge is 0.479 e. The van der Waals surface area contributed by atoms with E-state index in [1.54, 1.807) is 18.2 Å². The van der Waals surface area contributed by atoms with Gasteiger partial charge in [0.2, 0.25) is 6.81 Å². The van der Waals surface area contributed by atoms with Crippen molar-refractivity contribution in [1.29, 1.82) is 0 Å². The molecule has 2 aromatic carbocycles. The second-order valence-corrected chi connectivity index (χ2v) is 5.19. The molecule has 0 aliphatic carbocycles. The van der Waals surface area contributed by atoms with Crippen molar-refractivity contribution in [1.82, 2.24) is 5.32 Å². The Morgan fingerprint density at radius 1 is 1.17 bits per heavy atom. The fraction of sp³-hybridized carbons (Fsp3) is 0.333. The Bertz CT molecular complexity index is 676. The summed E-state index contributed by atoms with van der Waals surface area (Å²) in [5.74, 6) is 0.256. The van der Waals surface area contributed by atoms with Crippen LogP contribution < -0.4 is 14.8 Å². The molecule has 0 bridgehead atoms. The average Bonchev–Trinajstić information content (AvgIpc) is 2.61. The van der Waals surface area contributed by atoms with Gasteiger partial charge in [0, 0.05) is 13.1 Å². The van der Waals surface area contributed by atoms with Crippen LogP contribution in [0.1, 0.15) is 14.4 Å². The molecule has 2 atom stereocenters. The van der Waals surface area contributed by atoms with Gasteiger partial charge in [-0.25, -0.2) is 4.39 Å². The maximum Gasteiger partial charge on any atom is 0.228 e. The Morgan fingerprint density at radius 2 is 1.91 bits per heavy atom. The van der Waals surface area contributed by atoms with Gasteiger partial charge in [-0.05, 0) is 17.7 Å². The van der Waals surface area contributed by atoms with Gasteiger partial charge in [0.15, 0.2) is 17.6 Å². The van der Waals surface area contributed by atoms with Crippen molar-refractivity contribution in [3.8, 4) is 11.5 Å². The lowest BCUT2D eigenvalue weighted by Gasteiger charge is -2.32. The van der Waals surface area contributed by atoms with Crippen LogP contribution in [0.25, 0.3) is 0 Å². The molecule has 0 aromatic heterocycles. The minimum Gasteiger partial charge on any atom is -0.479 e. The Morgan fingerprint density at radius 3 is 2.61 bits per heavy atom. The molecule has 4 nitrogen and oxygen atoms in total. The van der Waals surface area contributed by atoms with Crippen molar-refractivity contribution in [3.05, 3.63) is 60.2 Å². The number of alkyl halides is 1. The Labute approximate surface area is 138 Å². The van der Waals surface area contributed by atoms with E-state index in [-0.39, 0.29) is 17.6 Å². The Kier molecular flexibility index (Phi) is 4.61. The number of ether oxygens (including phenoxy) is 3. The molecule has 23 heavy (non-hydrogen) atoms. The van der Waals surface area contributed by atoms with Crippen LogP contribution in [0.5, 0.6) is 11.5 Å². The molecule has 0 saturated carbocycles. The van der Waals surface area contributed by atoms with Crippen molar-refractivity contribution in [3.63, 3.8) is 0 Å². The number of hydrogen-bond acceptors (Lipinski definition) is 4. The van der Waals surface area contributed by atoms with E-state index in [1.807, 2.05) is 30.3 Å². The topological polar surface area (TPSA) is 39.7 Å². The minimum absolute atomic E-state index is 0.000278. The highest BCUT2D eigenvalue weighted by molar-refractivity contribution is 5.40. The molecule has 1 aliphatic rings. The lowest BCUT2D eigenvalue weighted by atomic mass is 10.0. The SMILES string of the molecule is [2H]C([2H])(F)Oc1ccccc1O[C@@H](c1ccccc1)[C@@H]1CNCCO1. The van der Waals surface area contributed by atoms with Gasteiger partial charge < -0.3 is 19.5 Å². The summed E-state index contributed by atoms with van der Waals surface area (Å²) in [5, 5.41) is 3.27. The van der Waals surface area contributed by atoms with Crippen molar-refractivity contribution in [2.24, 2.45) is 0 Å². The Balaban J connectivity index is 1.88. The zero-order chi connectivity index (χ0) is 17.7.